The molecule has 0 spiro atoms. The Morgan fingerprint density at radius 1 is 0.964 bits per heavy atom. The van der Waals surface area contributed by atoms with Gasteiger partial charge in [0.2, 0.25) is 8.38 Å². The average Bonchev–Trinajstić information content (AvgIpc) is 2.69. The number of nitrogens with zero attached hydrogens (tertiary/aromatic N) is 1. The SMILES string of the molecule is Cc1cc(OCP(O)O)cc(C)c1Cc1ccc(N=O)c(-c2ccccc2)c1. The Morgan fingerprint density at radius 2 is 1.64 bits per heavy atom. The van der Waals surface area contributed by atoms with Crippen molar-refractivity contribution in [3.05, 3.63) is 87.8 Å². The maximum absolute atomic E-state index is 11.2. The lowest BCUT2D eigenvalue weighted by Crippen LogP contribution is -2.00. The first-order valence-electron chi connectivity index (χ1n) is 8.88. The Labute approximate surface area is 165 Å². The van der Waals surface area contributed by atoms with Gasteiger partial charge in [0.25, 0.3) is 0 Å². The third kappa shape index (κ3) is 4.82. The van der Waals surface area contributed by atoms with E-state index in [1.807, 2.05) is 68.4 Å². The fraction of sp³-hybridized carbons (Fsp3) is 0.182. The van der Waals surface area contributed by atoms with Crippen LogP contribution in [0.3, 0.4) is 0 Å². The Morgan fingerprint density at radius 3 is 2.25 bits per heavy atom. The zero-order valence-electron chi connectivity index (χ0n) is 15.8. The summed E-state index contributed by atoms with van der Waals surface area (Å²) in [5.74, 6) is 0.625. The Balaban J connectivity index is 1.91. The Bertz CT molecular complexity index is 951. The van der Waals surface area contributed by atoms with Gasteiger partial charge in [-0.1, -0.05) is 36.4 Å². The van der Waals surface area contributed by atoms with E-state index in [1.165, 1.54) is 5.56 Å². The third-order valence-electron chi connectivity index (χ3n) is 4.64. The summed E-state index contributed by atoms with van der Waals surface area (Å²) in [5.41, 5.74) is 6.59. The summed E-state index contributed by atoms with van der Waals surface area (Å²) in [6, 6.07) is 19.3. The lowest BCUT2D eigenvalue weighted by Gasteiger charge is -2.15. The molecule has 0 amide bonds. The van der Waals surface area contributed by atoms with Crippen LogP contribution in [0.2, 0.25) is 0 Å². The lowest BCUT2D eigenvalue weighted by molar-refractivity contribution is 0.347. The molecule has 5 nitrogen and oxygen atoms in total. The number of benzene rings is 3. The van der Waals surface area contributed by atoms with Crippen LogP contribution in [0, 0.1) is 18.8 Å². The van der Waals surface area contributed by atoms with Gasteiger partial charge in [0.15, 0.2) is 6.35 Å². The van der Waals surface area contributed by atoms with Crippen LogP contribution in [0.25, 0.3) is 11.1 Å². The van der Waals surface area contributed by atoms with E-state index in [0.717, 1.165) is 27.8 Å². The van der Waals surface area contributed by atoms with Gasteiger partial charge < -0.3 is 14.5 Å². The van der Waals surface area contributed by atoms with Gasteiger partial charge in [0.05, 0.1) is 0 Å². The highest BCUT2D eigenvalue weighted by molar-refractivity contribution is 7.44. The van der Waals surface area contributed by atoms with Crippen LogP contribution in [-0.4, -0.2) is 16.1 Å². The van der Waals surface area contributed by atoms with Gasteiger partial charge >= 0.3 is 0 Å². The third-order valence-corrected chi connectivity index (χ3v) is 5.00. The molecule has 0 atom stereocenters. The fourth-order valence-electron chi connectivity index (χ4n) is 3.27. The normalized spacial score (nSPS) is 10.9. The minimum absolute atomic E-state index is 0.103. The largest absolute Gasteiger partial charge is 0.484 e. The van der Waals surface area contributed by atoms with E-state index in [1.54, 1.807) is 6.07 Å². The van der Waals surface area contributed by atoms with Crippen molar-refractivity contribution >= 4 is 14.1 Å². The van der Waals surface area contributed by atoms with E-state index in [9.17, 15) is 4.91 Å². The highest BCUT2D eigenvalue weighted by Gasteiger charge is 2.11. The predicted octanol–water partition coefficient (Wildman–Crippen LogP) is 5.59. The molecule has 3 aromatic carbocycles. The average molecular weight is 395 g/mol. The summed E-state index contributed by atoms with van der Waals surface area (Å²) in [6.07, 6.45) is 0.609. The zero-order valence-corrected chi connectivity index (χ0v) is 16.7. The highest BCUT2D eigenvalue weighted by atomic mass is 31.2. The molecule has 0 fully saturated rings. The van der Waals surface area contributed by atoms with Gasteiger partial charge in [0, 0.05) is 5.56 Å². The maximum Gasteiger partial charge on any atom is 0.205 e. The molecule has 0 saturated carbocycles. The van der Waals surface area contributed by atoms with Gasteiger partial charge in [-0.15, -0.1) is 4.91 Å². The fourth-order valence-corrected chi connectivity index (χ4v) is 3.54. The van der Waals surface area contributed by atoms with E-state index < -0.39 is 8.38 Å². The minimum Gasteiger partial charge on any atom is -0.484 e. The van der Waals surface area contributed by atoms with Gasteiger partial charge in [-0.2, -0.15) is 0 Å². The van der Waals surface area contributed by atoms with Crippen LogP contribution in [0.15, 0.2) is 65.8 Å². The molecule has 3 rings (SSSR count). The molecular weight excluding hydrogens is 373 g/mol. The summed E-state index contributed by atoms with van der Waals surface area (Å²) in [7, 11) is -2.08. The molecule has 0 unspecified atom stereocenters. The Kier molecular flexibility index (Phi) is 6.53. The molecule has 3 aromatic rings. The van der Waals surface area contributed by atoms with Crippen molar-refractivity contribution in [2.45, 2.75) is 20.3 Å². The molecule has 28 heavy (non-hydrogen) atoms. The molecule has 0 bridgehead atoms. The standard InChI is InChI=1S/C22H22NO4P/c1-15-10-19(27-14-28(25)26)11-16(2)20(15)12-17-8-9-22(23-24)21(13-17)18-6-4-3-5-7-18/h3-11,13,25-26H,12,14H2,1-2H3. The summed E-state index contributed by atoms with van der Waals surface area (Å²) in [5, 5.41) is 3.17. The zero-order chi connectivity index (χ0) is 20.1. The van der Waals surface area contributed by atoms with Gasteiger partial charge in [-0.05, 0) is 77.5 Å². The van der Waals surface area contributed by atoms with Gasteiger partial charge in [-0.25, -0.2) is 0 Å². The van der Waals surface area contributed by atoms with Crippen LogP contribution in [0.1, 0.15) is 22.3 Å². The van der Waals surface area contributed by atoms with Crippen molar-refractivity contribution in [3.8, 4) is 16.9 Å². The molecule has 0 radical (unpaired) electrons. The van der Waals surface area contributed by atoms with Crippen LogP contribution < -0.4 is 4.74 Å². The molecule has 6 heteroatoms. The second kappa shape index (κ2) is 9.07. The van der Waals surface area contributed by atoms with Crippen molar-refractivity contribution in [1.82, 2.24) is 0 Å². The smallest absolute Gasteiger partial charge is 0.205 e. The van der Waals surface area contributed by atoms with Crippen molar-refractivity contribution in [2.24, 2.45) is 5.18 Å². The molecule has 2 N–H and O–H groups in total. The second-order valence-corrected chi connectivity index (χ2v) is 7.67. The molecule has 0 aliphatic rings. The summed E-state index contributed by atoms with van der Waals surface area (Å²) in [6.45, 7) is 4.02. The number of nitroso groups, excluding NO2 is 1. The first kappa shape index (κ1) is 20.2. The number of ether oxygens (including phenoxy) is 1. The van der Waals surface area contributed by atoms with Crippen LogP contribution in [-0.2, 0) is 6.42 Å². The quantitative estimate of drug-likeness (QED) is 0.404. The van der Waals surface area contributed by atoms with E-state index in [2.05, 4.69) is 5.18 Å². The van der Waals surface area contributed by atoms with Crippen molar-refractivity contribution in [2.75, 3.05) is 6.35 Å². The van der Waals surface area contributed by atoms with Gasteiger partial charge in [0.1, 0.15) is 11.4 Å². The predicted molar refractivity (Wildman–Crippen MR) is 113 cm³/mol. The molecule has 0 aliphatic carbocycles. The van der Waals surface area contributed by atoms with Crippen LogP contribution in [0.4, 0.5) is 5.69 Å². The van der Waals surface area contributed by atoms with E-state index in [0.29, 0.717) is 17.9 Å². The molecule has 0 aromatic heterocycles. The lowest BCUT2D eigenvalue weighted by atomic mass is 9.93. The van der Waals surface area contributed by atoms with Crippen LogP contribution in [0.5, 0.6) is 5.75 Å². The van der Waals surface area contributed by atoms with E-state index in [-0.39, 0.29) is 6.35 Å². The van der Waals surface area contributed by atoms with Crippen molar-refractivity contribution in [3.63, 3.8) is 0 Å². The van der Waals surface area contributed by atoms with E-state index >= 15 is 0 Å². The summed E-state index contributed by atoms with van der Waals surface area (Å²) in [4.78, 5) is 29.3. The molecule has 0 heterocycles. The number of hydrogen-bond acceptors (Lipinski definition) is 5. The number of aryl methyl sites for hydroxylation is 2. The molecular formula is C22H22NO4P. The topological polar surface area (TPSA) is 79.1 Å². The summed E-state index contributed by atoms with van der Waals surface area (Å²) >= 11 is 0. The van der Waals surface area contributed by atoms with Crippen molar-refractivity contribution < 1.29 is 14.5 Å². The highest BCUT2D eigenvalue weighted by Crippen LogP contribution is 2.33. The minimum atomic E-state index is -2.08. The molecule has 0 saturated heterocycles. The number of hydrogen-bond donors (Lipinski definition) is 2. The summed E-state index contributed by atoms with van der Waals surface area (Å²) < 4.78 is 5.42. The molecule has 0 aliphatic heterocycles. The first-order chi connectivity index (χ1) is 13.5. The number of rotatable bonds is 7. The first-order valence-corrected chi connectivity index (χ1v) is 10.3. The monoisotopic (exact) mass is 395 g/mol. The van der Waals surface area contributed by atoms with Crippen LogP contribution >= 0.6 is 8.38 Å². The van der Waals surface area contributed by atoms with Gasteiger partial charge in [-0.3, -0.25) is 0 Å². The van der Waals surface area contributed by atoms with E-state index in [4.69, 9.17) is 14.5 Å². The Hall–Kier alpha value is -2.59. The second-order valence-electron chi connectivity index (χ2n) is 6.67. The van der Waals surface area contributed by atoms with Crippen molar-refractivity contribution in [1.29, 1.82) is 0 Å². The molecule has 144 valence electrons. The maximum atomic E-state index is 11.2.